The van der Waals surface area contributed by atoms with Gasteiger partial charge in [-0.2, -0.15) is 0 Å². The van der Waals surface area contributed by atoms with Crippen molar-refractivity contribution in [3.05, 3.63) is 115 Å². The van der Waals surface area contributed by atoms with Crippen LogP contribution in [0.15, 0.2) is 97.6 Å². The van der Waals surface area contributed by atoms with E-state index in [0.717, 1.165) is 5.56 Å². The van der Waals surface area contributed by atoms with Gasteiger partial charge in [-0.15, -0.1) is 0 Å². The van der Waals surface area contributed by atoms with Crippen molar-refractivity contribution in [3.63, 3.8) is 0 Å². The number of carbonyl (C=O) groups excluding carboxylic acids is 2. The van der Waals surface area contributed by atoms with E-state index in [4.69, 9.17) is 9.47 Å². The van der Waals surface area contributed by atoms with E-state index in [1.54, 1.807) is 36.7 Å². The van der Waals surface area contributed by atoms with Crippen LogP contribution in [0.1, 0.15) is 11.1 Å². The summed E-state index contributed by atoms with van der Waals surface area (Å²) in [7, 11) is 0. The summed E-state index contributed by atoms with van der Waals surface area (Å²) in [5.74, 6) is -0.137. The minimum atomic E-state index is -0.934. The number of aromatic nitrogens is 2. The van der Waals surface area contributed by atoms with Gasteiger partial charge < -0.3 is 20.1 Å². The number of carbonyl (C=O) groups is 2. The van der Waals surface area contributed by atoms with Crippen molar-refractivity contribution in [2.75, 3.05) is 11.9 Å². The average molecular weight is 501 g/mol. The lowest BCUT2D eigenvalue weighted by Crippen LogP contribution is -2.47. The van der Waals surface area contributed by atoms with E-state index in [9.17, 15) is 14.0 Å². The molecule has 0 bridgehead atoms. The number of benzene rings is 3. The van der Waals surface area contributed by atoms with Gasteiger partial charge >= 0.3 is 0 Å². The van der Waals surface area contributed by atoms with Gasteiger partial charge in [0, 0.05) is 18.1 Å². The molecule has 0 aliphatic rings. The van der Waals surface area contributed by atoms with Gasteiger partial charge in [-0.3, -0.25) is 9.59 Å². The molecule has 0 unspecified atom stereocenters. The molecule has 1 heterocycles. The van der Waals surface area contributed by atoms with E-state index in [-0.39, 0.29) is 24.8 Å². The van der Waals surface area contributed by atoms with Crippen molar-refractivity contribution >= 4 is 17.5 Å². The summed E-state index contributed by atoms with van der Waals surface area (Å²) in [6.45, 7) is 0.270. The molecule has 8 nitrogen and oxygen atoms in total. The van der Waals surface area contributed by atoms with E-state index in [2.05, 4.69) is 20.6 Å². The first-order valence-electron chi connectivity index (χ1n) is 11.5. The maximum absolute atomic E-state index is 13.1. The Kier molecular flexibility index (Phi) is 8.87. The molecule has 1 aromatic heterocycles. The fraction of sp³-hybridized carbons (Fsp3) is 0.143. The quantitative estimate of drug-likeness (QED) is 0.319. The molecule has 4 rings (SSSR count). The van der Waals surface area contributed by atoms with E-state index < -0.39 is 11.9 Å². The molecule has 1 atom stereocenters. The van der Waals surface area contributed by atoms with Crippen molar-refractivity contribution in [3.8, 4) is 11.5 Å². The van der Waals surface area contributed by atoms with Crippen molar-refractivity contribution in [2.24, 2.45) is 0 Å². The van der Waals surface area contributed by atoms with Gasteiger partial charge in [0.1, 0.15) is 29.7 Å². The maximum Gasteiger partial charge on any atom is 0.249 e. The smallest absolute Gasteiger partial charge is 0.249 e. The number of amides is 2. The van der Waals surface area contributed by atoms with Crippen molar-refractivity contribution < 1.29 is 23.5 Å². The van der Waals surface area contributed by atoms with Crippen molar-refractivity contribution in [1.82, 2.24) is 15.3 Å². The molecule has 9 heteroatoms. The number of anilines is 1. The van der Waals surface area contributed by atoms with E-state index in [1.165, 1.54) is 30.6 Å². The van der Waals surface area contributed by atoms with Gasteiger partial charge in [-0.25, -0.2) is 14.4 Å². The largest absolute Gasteiger partial charge is 0.457 e. The first kappa shape index (κ1) is 25.5. The second-order valence-electron chi connectivity index (χ2n) is 8.11. The predicted molar refractivity (Wildman–Crippen MR) is 135 cm³/mol. The molecule has 0 saturated heterocycles. The van der Waals surface area contributed by atoms with Crippen LogP contribution in [-0.2, 0) is 27.4 Å². The Morgan fingerprint density at radius 2 is 1.49 bits per heavy atom. The van der Waals surface area contributed by atoms with Crippen LogP contribution in [0.5, 0.6) is 11.5 Å². The molecule has 188 valence electrons. The summed E-state index contributed by atoms with van der Waals surface area (Å²) in [5, 5.41) is 5.53. The van der Waals surface area contributed by atoms with E-state index >= 15 is 0 Å². The van der Waals surface area contributed by atoms with Crippen LogP contribution in [0.4, 0.5) is 10.1 Å². The summed E-state index contributed by atoms with van der Waals surface area (Å²) in [6, 6.07) is 20.9. The number of ether oxygens (including phenoxy) is 2. The third-order valence-corrected chi connectivity index (χ3v) is 5.20. The molecule has 2 N–H and O–H groups in total. The Balaban J connectivity index is 1.37. The monoisotopic (exact) mass is 500 g/mol. The highest BCUT2D eigenvalue weighted by molar-refractivity contribution is 5.97. The average Bonchev–Trinajstić information content (AvgIpc) is 2.91. The molecule has 0 aliphatic carbocycles. The van der Waals surface area contributed by atoms with Crippen LogP contribution in [0.3, 0.4) is 0 Å². The van der Waals surface area contributed by atoms with Crippen LogP contribution in [-0.4, -0.2) is 34.4 Å². The highest BCUT2D eigenvalue weighted by Gasteiger charge is 2.22. The van der Waals surface area contributed by atoms with Gasteiger partial charge in [0.05, 0.1) is 19.6 Å². The second-order valence-corrected chi connectivity index (χ2v) is 8.11. The SMILES string of the molecule is O=C(Cc1cncnc1)N[C@@H](COCc1ccccc1)C(=O)Nc1ccc(Oc2ccc(F)cc2)cc1. The fourth-order valence-electron chi connectivity index (χ4n) is 3.38. The van der Waals surface area contributed by atoms with Crippen molar-refractivity contribution in [2.45, 2.75) is 19.1 Å². The van der Waals surface area contributed by atoms with Crippen molar-refractivity contribution in [1.29, 1.82) is 0 Å². The van der Waals surface area contributed by atoms with Crippen LogP contribution in [0, 0.1) is 5.82 Å². The van der Waals surface area contributed by atoms with Gasteiger partial charge in [0.2, 0.25) is 11.8 Å². The van der Waals surface area contributed by atoms with Gasteiger partial charge in [0.25, 0.3) is 0 Å². The van der Waals surface area contributed by atoms with Gasteiger partial charge in [-0.1, -0.05) is 30.3 Å². The molecule has 0 aliphatic heterocycles. The first-order valence-corrected chi connectivity index (χ1v) is 11.5. The summed E-state index contributed by atoms with van der Waals surface area (Å²) < 4.78 is 24.5. The normalized spacial score (nSPS) is 11.4. The first-order chi connectivity index (χ1) is 18.0. The lowest BCUT2D eigenvalue weighted by Gasteiger charge is -2.19. The zero-order valence-electron chi connectivity index (χ0n) is 19.8. The molecule has 3 aromatic carbocycles. The minimum absolute atomic E-state index is 0.0243. The van der Waals surface area contributed by atoms with E-state index in [1.807, 2.05) is 30.3 Å². The standard InChI is InChI=1S/C28H25FN4O4/c29-22-6-10-24(11-7-22)37-25-12-8-23(9-13-25)32-28(35)26(18-36-17-20-4-2-1-3-5-20)33-27(34)14-21-15-30-19-31-16-21/h1-13,15-16,19,26H,14,17-18H2,(H,32,35)(H,33,34)/t26-/m0/s1. The molecule has 0 saturated carbocycles. The van der Waals surface area contributed by atoms with Crippen LogP contribution in [0.25, 0.3) is 0 Å². The summed E-state index contributed by atoms with van der Waals surface area (Å²) in [5.41, 5.74) is 2.09. The number of halogens is 1. The Hall–Kier alpha value is -4.63. The molecule has 2 amide bonds. The highest BCUT2D eigenvalue weighted by Crippen LogP contribution is 2.23. The third kappa shape index (κ3) is 8.22. The number of hydrogen-bond donors (Lipinski definition) is 2. The summed E-state index contributed by atoms with van der Waals surface area (Å²) in [4.78, 5) is 33.5. The van der Waals surface area contributed by atoms with Gasteiger partial charge in [0.15, 0.2) is 0 Å². The minimum Gasteiger partial charge on any atom is -0.457 e. The fourth-order valence-corrected chi connectivity index (χ4v) is 3.38. The number of rotatable bonds is 11. The Labute approximate surface area is 213 Å². The topological polar surface area (TPSA) is 102 Å². The molecular formula is C28H25FN4O4. The Bertz CT molecular complexity index is 1290. The predicted octanol–water partition coefficient (Wildman–Crippen LogP) is 4.29. The number of nitrogens with one attached hydrogen (secondary N) is 2. The summed E-state index contributed by atoms with van der Waals surface area (Å²) >= 11 is 0. The van der Waals surface area contributed by atoms with Crippen LogP contribution < -0.4 is 15.4 Å². The zero-order valence-corrected chi connectivity index (χ0v) is 19.8. The Morgan fingerprint density at radius 3 is 2.16 bits per heavy atom. The molecule has 0 radical (unpaired) electrons. The second kappa shape index (κ2) is 12.9. The van der Waals surface area contributed by atoms with Crippen LogP contribution in [0.2, 0.25) is 0 Å². The maximum atomic E-state index is 13.1. The molecular weight excluding hydrogens is 475 g/mol. The molecule has 0 spiro atoms. The lowest BCUT2D eigenvalue weighted by molar-refractivity contribution is -0.127. The zero-order chi connectivity index (χ0) is 25.9. The van der Waals surface area contributed by atoms with Gasteiger partial charge in [-0.05, 0) is 59.7 Å². The molecule has 0 fully saturated rings. The lowest BCUT2D eigenvalue weighted by atomic mass is 10.2. The molecule has 4 aromatic rings. The van der Waals surface area contributed by atoms with Crippen LogP contribution >= 0.6 is 0 Å². The summed E-state index contributed by atoms with van der Waals surface area (Å²) in [6.07, 6.45) is 4.50. The Morgan fingerprint density at radius 1 is 0.838 bits per heavy atom. The van der Waals surface area contributed by atoms with E-state index in [0.29, 0.717) is 29.4 Å². The molecule has 37 heavy (non-hydrogen) atoms. The third-order valence-electron chi connectivity index (χ3n) is 5.20. The number of nitrogens with zero attached hydrogens (tertiary/aromatic N) is 2. The number of hydrogen-bond acceptors (Lipinski definition) is 6. The highest BCUT2D eigenvalue weighted by atomic mass is 19.1.